The summed E-state index contributed by atoms with van der Waals surface area (Å²) in [5, 5.41) is 10.4. The average molecular weight is 520 g/mol. The number of aromatic amines is 1. The van der Waals surface area contributed by atoms with Crippen LogP contribution in [0.15, 0.2) is 56.8 Å². The molecule has 0 saturated carbocycles. The lowest BCUT2D eigenvalue weighted by Gasteiger charge is -2.25. The fourth-order valence-electron chi connectivity index (χ4n) is 3.96. The van der Waals surface area contributed by atoms with Crippen molar-refractivity contribution in [2.45, 2.75) is 37.6 Å². The highest BCUT2D eigenvalue weighted by atomic mass is 35.5. The Morgan fingerprint density at radius 2 is 1.97 bits per heavy atom. The summed E-state index contributed by atoms with van der Waals surface area (Å²) in [6.45, 7) is 5.21. The molecule has 2 atom stereocenters. The van der Waals surface area contributed by atoms with Crippen molar-refractivity contribution in [3.63, 3.8) is 0 Å². The molecule has 0 amide bonds. The second kappa shape index (κ2) is 9.40. The number of aromatic nitrogens is 4. The molecule has 4 rings (SSSR count). The molecule has 9 nitrogen and oxygen atoms in total. The number of rotatable bonds is 7. The zero-order valence-corrected chi connectivity index (χ0v) is 20.9. The standard InChI is InChI=1S/C23H23ClFN5O4S/c1-12-5-8-19(25)20(13(12)2)14(3)21(22-27-28-23(31)34-22)29-35(32,33)16-6-7-18(24)17(9-16)15-10-26-30(4)11-15/h5-11,14,21,29H,1-4H3,(H,28,31)/t14-,21+/m1/s1. The minimum atomic E-state index is -4.20. The van der Waals surface area contributed by atoms with E-state index in [1.807, 2.05) is 6.92 Å². The SMILES string of the molecule is Cc1ccc(F)c([C@@H](C)[C@H](NS(=O)(=O)c2ccc(Cl)c(-c3cnn(C)c3)c2)c2n[nH]c(=O)o2)c1C. The molecule has 0 unspecified atom stereocenters. The normalized spacial score (nSPS) is 13.7. The van der Waals surface area contributed by atoms with Crippen LogP contribution in [0.1, 0.15) is 41.5 Å². The molecule has 0 fully saturated rings. The van der Waals surface area contributed by atoms with Crippen LogP contribution < -0.4 is 10.5 Å². The Morgan fingerprint density at radius 1 is 1.23 bits per heavy atom. The molecule has 2 aromatic heterocycles. The lowest BCUT2D eigenvalue weighted by molar-refractivity contribution is 0.377. The van der Waals surface area contributed by atoms with Gasteiger partial charge in [-0.2, -0.15) is 9.82 Å². The van der Waals surface area contributed by atoms with E-state index in [1.165, 1.54) is 24.3 Å². The van der Waals surface area contributed by atoms with Crippen LogP contribution in [-0.4, -0.2) is 28.4 Å². The highest BCUT2D eigenvalue weighted by molar-refractivity contribution is 7.89. The first-order valence-corrected chi connectivity index (χ1v) is 12.5. The maximum atomic E-state index is 14.9. The molecule has 12 heteroatoms. The molecule has 0 aliphatic rings. The van der Waals surface area contributed by atoms with Gasteiger partial charge in [0.25, 0.3) is 0 Å². The summed E-state index contributed by atoms with van der Waals surface area (Å²) >= 11 is 6.32. The first-order valence-electron chi connectivity index (χ1n) is 10.6. The summed E-state index contributed by atoms with van der Waals surface area (Å²) in [7, 11) is -2.47. The van der Waals surface area contributed by atoms with E-state index in [1.54, 1.807) is 44.0 Å². The quantitative estimate of drug-likeness (QED) is 0.380. The highest BCUT2D eigenvalue weighted by Gasteiger charge is 2.33. The first kappa shape index (κ1) is 24.8. The lowest BCUT2D eigenvalue weighted by Crippen LogP contribution is -2.33. The molecular formula is C23H23ClFN5O4S. The smallest absolute Gasteiger partial charge is 0.391 e. The predicted octanol–water partition coefficient (Wildman–Crippen LogP) is 4.00. The molecule has 0 spiro atoms. The van der Waals surface area contributed by atoms with Crippen LogP contribution in [-0.2, 0) is 17.1 Å². The Hall–Kier alpha value is -3.28. The number of benzene rings is 2. The second-order valence-electron chi connectivity index (χ2n) is 8.29. The number of nitrogens with zero attached hydrogens (tertiary/aromatic N) is 3. The van der Waals surface area contributed by atoms with Gasteiger partial charge in [0.1, 0.15) is 11.9 Å². The van der Waals surface area contributed by atoms with E-state index < -0.39 is 33.6 Å². The van der Waals surface area contributed by atoms with Crippen LogP contribution in [0, 0.1) is 19.7 Å². The van der Waals surface area contributed by atoms with Gasteiger partial charge in [-0.25, -0.2) is 22.7 Å². The Labute approximate surface area is 206 Å². The molecule has 2 heterocycles. The number of halogens is 2. The van der Waals surface area contributed by atoms with Gasteiger partial charge in [-0.1, -0.05) is 24.6 Å². The Morgan fingerprint density at radius 3 is 2.60 bits per heavy atom. The van der Waals surface area contributed by atoms with Crippen molar-refractivity contribution >= 4 is 21.6 Å². The van der Waals surface area contributed by atoms with Crippen molar-refractivity contribution in [1.29, 1.82) is 0 Å². The number of hydrogen-bond acceptors (Lipinski definition) is 6. The largest absolute Gasteiger partial charge is 0.434 e. The van der Waals surface area contributed by atoms with Gasteiger partial charge >= 0.3 is 5.76 Å². The minimum absolute atomic E-state index is 0.0859. The minimum Gasteiger partial charge on any atom is -0.391 e. The number of aryl methyl sites for hydroxylation is 2. The predicted molar refractivity (Wildman–Crippen MR) is 128 cm³/mol. The Kier molecular flexibility index (Phi) is 6.67. The van der Waals surface area contributed by atoms with E-state index in [-0.39, 0.29) is 16.3 Å². The van der Waals surface area contributed by atoms with Crippen LogP contribution in [0.5, 0.6) is 0 Å². The van der Waals surface area contributed by atoms with E-state index in [9.17, 15) is 17.6 Å². The van der Waals surface area contributed by atoms with E-state index in [4.69, 9.17) is 16.0 Å². The van der Waals surface area contributed by atoms with Crippen LogP contribution in [0.2, 0.25) is 5.02 Å². The molecule has 0 bridgehead atoms. The molecule has 0 aliphatic heterocycles. The van der Waals surface area contributed by atoms with E-state index in [0.717, 1.165) is 5.56 Å². The second-order valence-corrected chi connectivity index (χ2v) is 10.4. The summed E-state index contributed by atoms with van der Waals surface area (Å²) in [6, 6.07) is 6.01. The summed E-state index contributed by atoms with van der Waals surface area (Å²) in [4.78, 5) is 11.6. The molecule has 0 saturated heterocycles. The molecular weight excluding hydrogens is 497 g/mol. The third-order valence-corrected chi connectivity index (χ3v) is 7.72. The van der Waals surface area contributed by atoms with Gasteiger partial charge in [-0.05, 0) is 54.8 Å². The van der Waals surface area contributed by atoms with E-state index in [2.05, 4.69) is 20.0 Å². The summed E-state index contributed by atoms with van der Waals surface area (Å²) in [5.41, 5.74) is 2.88. The third kappa shape index (κ3) is 4.93. The van der Waals surface area contributed by atoms with Crippen molar-refractivity contribution in [1.82, 2.24) is 24.7 Å². The van der Waals surface area contributed by atoms with Crippen molar-refractivity contribution in [2.24, 2.45) is 7.05 Å². The van der Waals surface area contributed by atoms with Gasteiger partial charge in [-0.15, -0.1) is 5.10 Å². The van der Waals surface area contributed by atoms with Gasteiger partial charge in [0.05, 0.1) is 11.1 Å². The maximum absolute atomic E-state index is 14.9. The van der Waals surface area contributed by atoms with Gasteiger partial charge in [0.15, 0.2) is 0 Å². The van der Waals surface area contributed by atoms with Crippen LogP contribution in [0.3, 0.4) is 0 Å². The van der Waals surface area contributed by atoms with Crippen molar-refractivity contribution in [3.8, 4) is 11.1 Å². The van der Waals surface area contributed by atoms with Gasteiger partial charge < -0.3 is 4.42 Å². The maximum Gasteiger partial charge on any atom is 0.434 e. The van der Waals surface area contributed by atoms with Crippen molar-refractivity contribution in [3.05, 3.63) is 86.7 Å². The zero-order valence-electron chi connectivity index (χ0n) is 19.3. The number of H-pyrrole nitrogens is 1. The van der Waals surface area contributed by atoms with Gasteiger partial charge in [0.2, 0.25) is 15.9 Å². The molecule has 184 valence electrons. The highest BCUT2D eigenvalue weighted by Crippen LogP contribution is 2.36. The summed E-state index contributed by atoms with van der Waals surface area (Å²) in [6.07, 6.45) is 3.27. The van der Waals surface area contributed by atoms with Crippen LogP contribution >= 0.6 is 11.6 Å². The summed E-state index contributed by atoms with van der Waals surface area (Å²) < 4.78 is 51.0. The molecule has 35 heavy (non-hydrogen) atoms. The topological polar surface area (TPSA) is 123 Å². The van der Waals surface area contributed by atoms with E-state index >= 15 is 0 Å². The molecule has 2 N–H and O–H groups in total. The van der Waals surface area contributed by atoms with E-state index in [0.29, 0.717) is 21.7 Å². The molecule has 0 radical (unpaired) electrons. The molecule has 4 aromatic rings. The number of nitrogens with one attached hydrogen (secondary N) is 2. The Bertz CT molecular complexity index is 1560. The fourth-order valence-corrected chi connectivity index (χ4v) is 5.48. The fraction of sp³-hybridized carbons (Fsp3) is 0.261. The average Bonchev–Trinajstić information content (AvgIpc) is 3.43. The monoisotopic (exact) mass is 519 g/mol. The van der Waals surface area contributed by atoms with Crippen molar-refractivity contribution in [2.75, 3.05) is 0 Å². The summed E-state index contributed by atoms with van der Waals surface area (Å²) in [5.74, 6) is -2.36. The van der Waals surface area contributed by atoms with Gasteiger partial charge in [-0.3, -0.25) is 4.68 Å². The first-order chi connectivity index (χ1) is 16.5. The third-order valence-electron chi connectivity index (χ3n) is 5.95. The van der Waals surface area contributed by atoms with Crippen LogP contribution in [0.4, 0.5) is 4.39 Å². The Balaban J connectivity index is 1.78. The molecule has 0 aliphatic carbocycles. The number of hydrogen-bond donors (Lipinski definition) is 2. The lowest BCUT2D eigenvalue weighted by atomic mass is 9.88. The molecule has 2 aromatic carbocycles. The van der Waals surface area contributed by atoms with Gasteiger partial charge in [0, 0.05) is 35.3 Å². The van der Waals surface area contributed by atoms with Crippen LogP contribution in [0.25, 0.3) is 11.1 Å². The zero-order chi connectivity index (χ0) is 25.5. The van der Waals surface area contributed by atoms with Crippen molar-refractivity contribution < 1.29 is 17.2 Å². The number of sulfonamides is 1.